The molecular weight excluding hydrogens is 232 g/mol. The molecule has 2 N–H and O–H groups in total. The van der Waals surface area contributed by atoms with Crippen LogP contribution in [0, 0.1) is 19.8 Å². The van der Waals surface area contributed by atoms with Crippen LogP contribution in [-0.4, -0.2) is 24.0 Å². The molecule has 0 radical (unpaired) electrons. The lowest BCUT2D eigenvalue weighted by atomic mass is 9.98. The predicted molar refractivity (Wildman–Crippen MR) is 84.4 cm³/mol. The molecule has 1 aromatic carbocycles. The van der Waals surface area contributed by atoms with Crippen molar-refractivity contribution in [3.05, 3.63) is 34.9 Å². The molecular formula is C17H30N2. The second kappa shape index (κ2) is 7.06. The van der Waals surface area contributed by atoms with E-state index in [2.05, 4.69) is 64.6 Å². The van der Waals surface area contributed by atoms with Crippen molar-refractivity contribution in [3.63, 3.8) is 0 Å². The van der Waals surface area contributed by atoms with Gasteiger partial charge in [-0.1, -0.05) is 32.0 Å². The van der Waals surface area contributed by atoms with Crippen molar-refractivity contribution in [2.75, 3.05) is 13.1 Å². The molecule has 0 saturated carbocycles. The molecule has 0 aliphatic heterocycles. The maximum absolute atomic E-state index is 6.07. The van der Waals surface area contributed by atoms with Crippen LogP contribution in [-0.2, 0) is 0 Å². The van der Waals surface area contributed by atoms with Crippen molar-refractivity contribution in [2.45, 2.75) is 53.6 Å². The zero-order chi connectivity index (χ0) is 14.6. The number of hydrogen-bond donors (Lipinski definition) is 1. The average molecular weight is 262 g/mol. The Kier molecular flexibility index (Phi) is 6.02. The van der Waals surface area contributed by atoms with Gasteiger partial charge in [0.2, 0.25) is 0 Å². The lowest BCUT2D eigenvalue weighted by Crippen LogP contribution is -2.40. The standard InChI is InChI=1S/C17H30N2/c1-12(2)11-19(13(3)4)17(10-18)16-8-7-14(5)15(6)9-16/h7-9,12-13,17H,10-11,18H2,1-6H3. The van der Waals surface area contributed by atoms with Crippen LogP contribution in [0.4, 0.5) is 0 Å². The Balaban J connectivity index is 3.04. The number of nitrogens with two attached hydrogens (primary N) is 1. The molecule has 1 atom stereocenters. The molecule has 108 valence electrons. The van der Waals surface area contributed by atoms with Gasteiger partial charge in [-0.25, -0.2) is 0 Å². The van der Waals surface area contributed by atoms with Gasteiger partial charge in [-0.3, -0.25) is 4.90 Å². The van der Waals surface area contributed by atoms with E-state index in [1.54, 1.807) is 0 Å². The summed E-state index contributed by atoms with van der Waals surface area (Å²) < 4.78 is 0. The minimum Gasteiger partial charge on any atom is -0.329 e. The van der Waals surface area contributed by atoms with Gasteiger partial charge in [-0.15, -0.1) is 0 Å². The second-order valence-corrected chi connectivity index (χ2v) is 6.28. The first-order valence-corrected chi connectivity index (χ1v) is 7.39. The van der Waals surface area contributed by atoms with Gasteiger partial charge in [0.05, 0.1) is 0 Å². The fourth-order valence-corrected chi connectivity index (χ4v) is 2.55. The molecule has 1 rings (SSSR count). The Morgan fingerprint density at radius 3 is 2.11 bits per heavy atom. The van der Waals surface area contributed by atoms with Gasteiger partial charge in [-0.2, -0.15) is 0 Å². The lowest BCUT2D eigenvalue weighted by molar-refractivity contribution is 0.138. The van der Waals surface area contributed by atoms with E-state index in [4.69, 9.17) is 5.73 Å². The molecule has 0 aliphatic rings. The minimum atomic E-state index is 0.321. The van der Waals surface area contributed by atoms with Crippen LogP contribution < -0.4 is 5.73 Å². The molecule has 0 bridgehead atoms. The van der Waals surface area contributed by atoms with Crippen LogP contribution >= 0.6 is 0 Å². The molecule has 1 unspecified atom stereocenters. The summed E-state index contributed by atoms with van der Waals surface area (Å²) in [6, 6.07) is 7.57. The van der Waals surface area contributed by atoms with E-state index < -0.39 is 0 Å². The SMILES string of the molecule is Cc1ccc(C(CN)N(CC(C)C)C(C)C)cc1C. The van der Waals surface area contributed by atoms with Gasteiger partial charge in [0.1, 0.15) is 0 Å². The zero-order valence-corrected chi connectivity index (χ0v) is 13.4. The van der Waals surface area contributed by atoms with Gasteiger partial charge in [0.15, 0.2) is 0 Å². The highest BCUT2D eigenvalue weighted by atomic mass is 15.2. The first-order valence-electron chi connectivity index (χ1n) is 7.39. The van der Waals surface area contributed by atoms with Crippen molar-refractivity contribution in [3.8, 4) is 0 Å². The highest BCUT2D eigenvalue weighted by molar-refractivity contribution is 5.32. The predicted octanol–water partition coefficient (Wildman–Crippen LogP) is 3.67. The molecule has 2 heteroatoms. The summed E-state index contributed by atoms with van der Waals surface area (Å²) in [6.07, 6.45) is 0. The van der Waals surface area contributed by atoms with Crippen molar-refractivity contribution in [2.24, 2.45) is 11.7 Å². The van der Waals surface area contributed by atoms with E-state index in [0.29, 0.717) is 24.5 Å². The van der Waals surface area contributed by atoms with Gasteiger partial charge in [0.25, 0.3) is 0 Å². The topological polar surface area (TPSA) is 29.3 Å². The quantitative estimate of drug-likeness (QED) is 0.847. The van der Waals surface area contributed by atoms with Crippen LogP contribution in [0.3, 0.4) is 0 Å². The average Bonchev–Trinajstić information content (AvgIpc) is 2.32. The van der Waals surface area contributed by atoms with Gasteiger partial charge in [-0.05, 0) is 50.3 Å². The van der Waals surface area contributed by atoms with Crippen molar-refractivity contribution >= 4 is 0 Å². The molecule has 2 nitrogen and oxygen atoms in total. The summed E-state index contributed by atoms with van der Waals surface area (Å²) in [7, 11) is 0. The zero-order valence-electron chi connectivity index (χ0n) is 13.4. The van der Waals surface area contributed by atoms with Crippen LogP contribution in [0.1, 0.15) is 50.4 Å². The van der Waals surface area contributed by atoms with E-state index in [-0.39, 0.29) is 0 Å². The van der Waals surface area contributed by atoms with Crippen LogP contribution in [0.25, 0.3) is 0 Å². The number of hydrogen-bond acceptors (Lipinski definition) is 2. The summed E-state index contributed by atoms with van der Waals surface area (Å²) in [5.74, 6) is 0.656. The molecule has 0 spiro atoms. The highest BCUT2D eigenvalue weighted by Crippen LogP contribution is 2.25. The molecule has 0 heterocycles. The van der Waals surface area contributed by atoms with E-state index in [9.17, 15) is 0 Å². The fraction of sp³-hybridized carbons (Fsp3) is 0.647. The third kappa shape index (κ3) is 4.32. The number of rotatable bonds is 6. The fourth-order valence-electron chi connectivity index (χ4n) is 2.55. The highest BCUT2D eigenvalue weighted by Gasteiger charge is 2.22. The summed E-state index contributed by atoms with van der Waals surface area (Å²) in [5.41, 5.74) is 10.1. The van der Waals surface area contributed by atoms with Gasteiger partial charge in [0, 0.05) is 25.2 Å². The van der Waals surface area contributed by atoms with E-state index in [1.165, 1.54) is 16.7 Å². The summed E-state index contributed by atoms with van der Waals surface area (Å²) >= 11 is 0. The third-order valence-electron chi connectivity index (χ3n) is 3.78. The van der Waals surface area contributed by atoms with Crippen molar-refractivity contribution < 1.29 is 0 Å². The van der Waals surface area contributed by atoms with Gasteiger partial charge < -0.3 is 5.73 Å². The van der Waals surface area contributed by atoms with Crippen molar-refractivity contribution in [1.82, 2.24) is 4.90 Å². The monoisotopic (exact) mass is 262 g/mol. The number of benzene rings is 1. The van der Waals surface area contributed by atoms with Crippen molar-refractivity contribution in [1.29, 1.82) is 0 Å². The molecule has 0 fully saturated rings. The normalized spacial score (nSPS) is 13.6. The molecule has 0 aliphatic carbocycles. The number of nitrogens with zero attached hydrogens (tertiary/aromatic N) is 1. The Morgan fingerprint density at radius 1 is 1.05 bits per heavy atom. The molecule has 1 aromatic rings. The lowest BCUT2D eigenvalue weighted by Gasteiger charge is -2.36. The van der Waals surface area contributed by atoms with Crippen LogP contribution in [0.5, 0.6) is 0 Å². The largest absolute Gasteiger partial charge is 0.329 e. The Labute approximate surface area is 119 Å². The number of aryl methyl sites for hydroxylation is 2. The van der Waals surface area contributed by atoms with E-state index in [0.717, 1.165) is 6.54 Å². The van der Waals surface area contributed by atoms with Crippen LogP contribution in [0.2, 0.25) is 0 Å². The van der Waals surface area contributed by atoms with Crippen LogP contribution in [0.15, 0.2) is 18.2 Å². The first kappa shape index (κ1) is 16.2. The van der Waals surface area contributed by atoms with Gasteiger partial charge >= 0.3 is 0 Å². The van der Waals surface area contributed by atoms with E-state index >= 15 is 0 Å². The Bertz CT molecular complexity index is 396. The molecule has 0 amide bonds. The second-order valence-electron chi connectivity index (χ2n) is 6.28. The molecule has 19 heavy (non-hydrogen) atoms. The molecule has 0 aromatic heterocycles. The first-order chi connectivity index (χ1) is 8.86. The smallest absolute Gasteiger partial charge is 0.0473 e. The Morgan fingerprint density at radius 2 is 1.68 bits per heavy atom. The Hall–Kier alpha value is -0.860. The summed E-state index contributed by atoms with van der Waals surface area (Å²) in [6.45, 7) is 15.1. The maximum atomic E-state index is 6.07. The van der Waals surface area contributed by atoms with E-state index in [1.807, 2.05) is 0 Å². The summed E-state index contributed by atoms with van der Waals surface area (Å²) in [5, 5.41) is 0. The minimum absolute atomic E-state index is 0.321. The maximum Gasteiger partial charge on any atom is 0.0473 e. The molecule has 0 saturated heterocycles. The third-order valence-corrected chi connectivity index (χ3v) is 3.78. The summed E-state index contributed by atoms with van der Waals surface area (Å²) in [4.78, 5) is 2.52.